The first-order valence-electron chi connectivity index (χ1n) is 8.22. The van der Waals surface area contributed by atoms with Crippen molar-refractivity contribution in [3.8, 4) is 0 Å². The first-order valence-corrected chi connectivity index (χ1v) is 8.60. The van der Waals surface area contributed by atoms with Gasteiger partial charge < -0.3 is 15.1 Å². The van der Waals surface area contributed by atoms with Crippen molar-refractivity contribution < 1.29 is 9.59 Å². The molecule has 2 aliphatic rings. The molecule has 0 spiro atoms. The molecule has 5 nitrogen and oxygen atoms in total. The van der Waals surface area contributed by atoms with Crippen molar-refractivity contribution in [3.05, 3.63) is 34.9 Å². The predicted octanol–water partition coefficient (Wildman–Crippen LogP) is 1.77. The second-order valence-electron chi connectivity index (χ2n) is 6.13. The normalized spacial score (nSPS) is 22.0. The van der Waals surface area contributed by atoms with Crippen LogP contribution in [0.1, 0.15) is 29.6 Å². The molecular weight excluding hydrogens is 314 g/mol. The van der Waals surface area contributed by atoms with Crippen LogP contribution in [-0.2, 0) is 4.79 Å². The van der Waals surface area contributed by atoms with E-state index in [9.17, 15) is 9.59 Å². The Labute approximate surface area is 141 Å². The zero-order valence-corrected chi connectivity index (χ0v) is 13.9. The molecule has 1 N–H and O–H groups in total. The summed E-state index contributed by atoms with van der Waals surface area (Å²) in [7, 11) is 0. The largest absolute Gasteiger partial charge is 0.338 e. The van der Waals surface area contributed by atoms with E-state index in [0.717, 1.165) is 25.8 Å². The molecule has 0 radical (unpaired) electrons. The van der Waals surface area contributed by atoms with E-state index in [2.05, 4.69) is 5.32 Å². The molecule has 2 amide bonds. The van der Waals surface area contributed by atoms with Crippen molar-refractivity contribution in [1.29, 1.82) is 0 Å². The summed E-state index contributed by atoms with van der Waals surface area (Å²) in [5, 5.41) is 3.86. The van der Waals surface area contributed by atoms with E-state index in [4.69, 9.17) is 11.6 Å². The van der Waals surface area contributed by atoms with Crippen molar-refractivity contribution in [2.24, 2.45) is 0 Å². The van der Waals surface area contributed by atoms with Gasteiger partial charge >= 0.3 is 0 Å². The third-order valence-electron chi connectivity index (χ3n) is 4.56. The quantitative estimate of drug-likeness (QED) is 0.896. The highest BCUT2D eigenvalue weighted by Crippen LogP contribution is 2.15. The summed E-state index contributed by atoms with van der Waals surface area (Å²) in [6.07, 6.45) is 3.17. The van der Waals surface area contributed by atoms with Crippen LogP contribution in [0.4, 0.5) is 0 Å². The highest BCUT2D eigenvalue weighted by atomic mass is 35.5. The zero-order chi connectivity index (χ0) is 16.2. The molecule has 0 saturated carbocycles. The molecule has 2 heterocycles. The minimum Gasteiger partial charge on any atom is -0.338 e. The first-order chi connectivity index (χ1) is 11.1. The van der Waals surface area contributed by atoms with Gasteiger partial charge in [-0.05, 0) is 37.6 Å². The number of nitrogens with zero attached hydrogens (tertiary/aromatic N) is 2. The van der Waals surface area contributed by atoms with E-state index in [1.165, 1.54) is 0 Å². The fourth-order valence-electron chi connectivity index (χ4n) is 3.22. The number of hydrogen-bond acceptors (Lipinski definition) is 3. The number of piperidine rings is 1. The van der Waals surface area contributed by atoms with Gasteiger partial charge in [0.15, 0.2) is 0 Å². The molecule has 2 fully saturated rings. The van der Waals surface area contributed by atoms with Gasteiger partial charge in [0, 0.05) is 36.8 Å². The van der Waals surface area contributed by atoms with Crippen LogP contribution < -0.4 is 5.32 Å². The molecule has 1 unspecified atom stereocenters. The highest BCUT2D eigenvalue weighted by molar-refractivity contribution is 6.30. The maximum atomic E-state index is 12.5. The van der Waals surface area contributed by atoms with Gasteiger partial charge in [-0.1, -0.05) is 24.1 Å². The van der Waals surface area contributed by atoms with Gasteiger partial charge in [0.1, 0.15) is 0 Å². The Morgan fingerprint density at radius 3 is 2.48 bits per heavy atom. The average Bonchev–Trinajstić information content (AvgIpc) is 2.61. The molecule has 1 aromatic rings. The van der Waals surface area contributed by atoms with Crippen LogP contribution in [0.15, 0.2) is 24.3 Å². The number of carbonyl (C=O) groups excluding carboxylic acids is 2. The Morgan fingerprint density at radius 2 is 1.83 bits per heavy atom. The number of amides is 2. The monoisotopic (exact) mass is 335 g/mol. The van der Waals surface area contributed by atoms with Crippen LogP contribution in [0, 0.1) is 0 Å². The van der Waals surface area contributed by atoms with Crippen LogP contribution in [0.25, 0.3) is 0 Å². The van der Waals surface area contributed by atoms with Gasteiger partial charge in [-0.15, -0.1) is 0 Å². The fourth-order valence-corrected chi connectivity index (χ4v) is 3.41. The van der Waals surface area contributed by atoms with Gasteiger partial charge in [-0.25, -0.2) is 0 Å². The summed E-state index contributed by atoms with van der Waals surface area (Å²) in [6.45, 7) is 3.27. The lowest BCUT2D eigenvalue weighted by molar-refractivity contribution is -0.135. The molecule has 0 bridgehead atoms. The Morgan fingerprint density at radius 1 is 1.09 bits per heavy atom. The average molecular weight is 336 g/mol. The van der Waals surface area contributed by atoms with Crippen molar-refractivity contribution in [3.63, 3.8) is 0 Å². The summed E-state index contributed by atoms with van der Waals surface area (Å²) >= 11 is 5.95. The number of carbonyl (C=O) groups is 2. The number of halogens is 1. The summed E-state index contributed by atoms with van der Waals surface area (Å²) < 4.78 is 0. The summed E-state index contributed by atoms with van der Waals surface area (Å²) in [5.74, 6) is 0.162. The standard InChI is InChI=1S/C17H22ClN3O2/c18-14-5-3-4-13(12-14)16(22)20-8-10-21(11-9-20)17(23)15-6-1-2-7-19-15/h3-5,12,15,19H,1-2,6-11H2. The Hall–Kier alpha value is -1.59. The van der Waals surface area contributed by atoms with E-state index >= 15 is 0 Å². The fraction of sp³-hybridized carbons (Fsp3) is 0.529. The third-order valence-corrected chi connectivity index (χ3v) is 4.79. The van der Waals surface area contributed by atoms with Gasteiger partial charge in [-0.3, -0.25) is 9.59 Å². The third kappa shape index (κ3) is 3.85. The maximum absolute atomic E-state index is 12.5. The highest BCUT2D eigenvalue weighted by Gasteiger charge is 2.29. The molecule has 0 aliphatic carbocycles. The molecule has 124 valence electrons. The van der Waals surface area contributed by atoms with Crippen LogP contribution in [0.3, 0.4) is 0 Å². The minimum absolute atomic E-state index is 0.0182. The van der Waals surface area contributed by atoms with Crippen LogP contribution in [-0.4, -0.2) is 60.4 Å². The van der Waals surface area contributed by atoms with E-state index in [-0.39, 0.29) is 17.9 Å². The summed E-state index contributed by atoms with van der Waals surface area (Å²) in [6, 6.07) is 6.96. The van der Waals surface area contributed by atoms with Gasteiger partial charge in [0.05, 0.1) is 6.04 Å². The van der Waals surface area contributed by atoms with E-state index in [0.29, 0.717) is 36.8 Å². The van der Waals surface area contributed by atoms with Gasteiger partial charge in [-0.2, -0.15) is 0 Å². The molecule has 1 aromatic carbocycles. The smallest absolute Gasteiger partial charge is 0.254 e. The minimum atomic E-state index is -0.0427. The summed E-state index contributed by atoms with van der Waals surface area (Å²) in [5.41, 5.74) is 0.603. The van der Waals surface area contributed by atoms with Crippen molar-refractivity contribution >= 4 is 23.4 Å². The SMILES string of the molecule is O=C(c1cccc(Cl)c1)N1CCN(C(=O)C2CCCCN2)CC1. The Balaban J connectivity index is 1.55. The molecule has 2 saturated heterocycles. The first kappa shape index (κ1) is 16.3. The maximum Gasteiger partial charge on any atom is 0.254 e. The lowest BCUT2D eigenvalue weighted by Gasteiger charge is -2.37. The number of hydrogen-bond donors (Lipinski definition) is 1. The van der Waals surface area contributed by atoms with E-state index in [1.54, 1.807) is 29.2 Å². The van der Waals surface area contributed by atoms with Gasteiger partial charge in [0.25, 0.3) is 5.91 Å². The Bertz CT molecular complexity index is 579. The lowest BCUT2D eigenvalue weighted by atomic mass is 10.0. The molecule has 23 heavy (non-hydrogen) atoms. The molecule has 1 atom stereocenters. The zero-order valence-electron chi connectivity index (χ0n) is 13.1. The number of piperazine rings is 1. The van der Waals surface area contributed by atoms with Crippen molar-refractivity contribution in [2.75, 3.05) is 32.7 Å². The number of rotatable bonds is 2. The molecular formula is C17H22ClN3O2. The van der Waals surface area contributed by atoms with Crippen LogP contribution >= 0.6 is 11.6 Å². The van der Waals surface area contributed by atoms with Gasteiger partial charge in [0.2, 0.25) is 5.91 Å². The molecule has 2 aliphatic heterocycles. The molecule has 3 rings (SSSR count). The molecule has 6 heteroatoms. The van der Waals surface area contributed by atoms with E-state index in [1.807, 2.05) is 4.90 Å². The van der Waals surface area contributed by atoms with E-state index < -0.39 is 0 Å². The Kier molecular flexibility index (Phi) is 5.18. The summed E-state index contributed by atoms with van der Waals surface area (Å²) in [4.78, 5) is 28.6. The molecule has 0 aromatic heterocycles. The van der Waals surface area contributed by atoms with Crippen molar-refractivity contribution in [2.45, 2.75) is 25.3 Å². The second kappa shape index (κ2) is 7.32. The predicted molar refractivity (Wildman–Crippen MR) is 89.6 cm³/mol. The van der Waals surface area contributed by atoms with Crippen molar-refractivity contribution in [1.82, 2.24) is 15.1 Å². The number of benzene rings is 1. The topological polar surface area (TPSA) is 52.7 Å². The second-order valence-corrected chi connectivity index (χ2v) is 6.57. The van der Waals surface area contributed by atoms with Crippen LogP contribution in [0.5, 0.6) is 0 Å². The number of nitrogens with one attached hydrogen (secondary N) is 1. The lowest BCUT2D eigenvalue weighted by Crippen LogP contribution is -2.55. The van der Waals surface area contributed by atoms with Crippen LogP contribution in [0.2, 0.25) is 5.02 Å².